The molecule has 0 unspecified atom stereocenters. The van der Waals surface area contributed by atoms with E-state index in [2.05, 4.69) is 53.4 Å². The van der Waals surface area contributed by atoms with Crippen molar-refractivity contribution in [3.8, 4) is 11.8 Å². The van der Waals surface area contributed by atoms with Gasteiger partial charge in [-0.3, -0.25) is 0 Å². The molecule has 0 spiro atoms. The van der Waals surface area contributed by atoms with E-state index in [4.69, 9.17) is 4.43 Å². The van der Waals surface area contributed by atoms with Gasteiger partial charge in [0.15, 0.2) is 8.32 Å². The third-order valence-electron chi connectivity index (χ3n) is 5.24. The summed E-state index contributed by atoms with van der Waals surface area (Å²) < 4.78 is 6.43. The Labute approximate surface area is 145 Å². The lowest BCUT2D eigenvalue weighted by molar-refractivity contribution is -0.0175. The summed E-state index contributed by atoms with van der Waals surface area (Å²) in [6, 6.07) is 0. The Bertz CT molecular complexity index is 373. The van der Waals surface area contributed by atoms with Gasteiger partial charge in [0.1, 0.15) is 0 Å². The van der Waals surface area contributed by atoms with Crippen molar-refractivity contribution in [2.75, 3.05) is 6.61 Å². The van der Waals surface area contributed by atoms with E-state index in [-0.39, 0.29) is 11.8 Å². The summed E-state index contributed by atoms with van der Waals surface area (Å²) in [4.78, 5) is 0. The van der Waals surface area contributed by atoms with Gasteiger partial charge in [-0.15, -0.1) is 5.92 Å². The van der Waals surface area contributed by atoms with Gasteiger partial charge < -0.3 is 14.6 Å². The fraction of sp³-hybridized carbons (Fsp3) is 0.895. The van der Waals surface area contributed by atoms with Crippen LogP contribution in [0, 0.1) is 23.7 Å². The quantitative estimate of drug-likeness (QED) is 0.488. The van der Waals surface area contributed by atoms with Crippen LogP contribution in [-0.4, -0.2) is 37.3 Å². The van der Waals surface area contributed by atoms with Gasteiger partial charge in [-0.05, 0) is 30.5 Å². The van der Waals surface area contributed by atoms with E-state index < -0.39 is 20.5 Å². The summed E-state index contributed by atoms with van der Waals surface area (Å²) in [6.45, 7) is 19.2. The largest absolute Gasteiger partial charge is 0.413 e. The van der Waals surface area contributed by atoms with Crippen molar-refractivity contribution >= 4 is 8.32 Å². The zero-order valence-corrected chi connectivity index (χ0v) is 17.6. The molecular weight excluding hydrogens is 304 g/mol. The molecule has 0 aliphatic rings. The van der Waals surface area contributed by atoms with E-state index >= 15 is 0 Å². The van der Waals surface area contributed by atoms with Gasteiger partial charge in [0, 0.05) is 11.8 Å². The molecule has 0 heterocycles. The Hall–Kier alpha value is -0.343. The van der Waals surface area contributed by atoms with Crippen LogP contribution in [0.1, 0.15) is 62.3 Å². The molecule has 0 fully saturated rings. The molecule has 4 heteroatoms. The molecule has 0 radical (unpaired) electrons. The normalized spacial score (nSPS) is 17.8. The molecule has 0 rings (SSSR count). The highest BCUT2D eigenvalue weighted by Gasteiger charge is 2.45. The average molecular weight is 343 g/mol. The molecule has 0 aromatic carbocycles. The van der Waals surface area contributed by atoms with E-state index in [0.717, 1.165) is 0 Å². The highest BCUT2D eigenvalue weighted by Crippen LogP contribution is 2.42. The van der Waals surface area contributed by atoms with Gasteiger partial charge in [0.25, 0.3) is 0 Å². The van der Waals surface area contributed by atoms with Gasteiger partial charge in [-0.1, -0.05) is 54.4 Å². The SMILES string of the molecule is CC#C[C@@H](C)[C@H](O)[C@@H](C)[C@@H](O)CO[Si](C(C)C)(C(C)C)C(C)C. The van der Waals surface area contributed by atoms with Gasteiger partial charge in [0.05, 0.1) is 18.8 Å². The van der Waals surface area contributed by atoms with Crippen LogP contribution in [-0.2, 0) is 4.43 Å². The van der Waals surface area contributed by atoms with Crippen LogP contribution in [0.3, 0.4) is 0 Å². The summed E-state index contributed by atoms with van der Waals surface area (Å²) in [7, 11) is -1.98. The molecule has 4 atom stereocenters. The summed E-state index contributed by atoms with van der Waals surface area (Å²) >= 11 is 0. The van der Waals surface area contributed by atoms with Gasteiger partial charge in [0.2, 0.25) is 0 Å². The second-order valence-electron chi connectivity index (χ2n) is 7.73. The van der Waals surface area contributed by atoms with Gasteiger partial charge in [-0.25, -0.2) is 0 Å². The molecule has 136 valence electrons. The fourth-order valence-electron chi connectivity index (χ4n) is 3.88. The highest BCUT2D eigenvalue weighted by atomic mass is 28.4. The molecule has 0 aromatic heterocycles. The minimum Gasteiger partial charge on any atom is -0.413 e. The number of aliphatic hydroxyl groups is 2. The summed E-state index contributed by atoms with van der Waals surface area (Å²) in [5.74, 6) is 5.39. The zero-order chi connectivity index (χ0) is 18.4. The monoisotopic (exact) mass is 342 g/mol. The van der Waals surface area contributed by atoms with Crippen LogP contribution in [0.25, 0.3) is 0 Å². The Morgan fingerprint density at radius 1 is 0.870 bits per heavy atom. The van der Waals surface area contributed by atoms with Crippen molar-refractivity contribution in [1.29, 1.82) is 0 Å². The second kappa shape index (κ2) is 9.83. The zero-order valence-electron chi connectivity index (χ0n) is 16.6. The van der Waals surface area contributed by atoms with Crippen LogP contribution < -0.4 is 0 Å². The Balaban J connectivity index is 5.00. The molecule has 0 saturated heterocycles. The van der Waals surface area contributed by atoms with Crippen LogP contribution in [0.2, 0.25) is 16.6 Å². The maximum absolute atomic E-state index is 10.5. The number of aliphatic hydroxyl groups excluding tert-OH is 2. The molecule has 0 aliphatic heterocycles. The summed E-state index contributed by atoms with van der Waals surface area (Å²) in [5, 5.41) is 20.8. The number of hydrogen-bond donors (Lipinski definition) is 2. The van der Waals surface area contributed by atoms with Gasteiger partial charge in [-0.2, -0.15) is 0 Å². The fourth-order valence-corrected chi connectivity index (χ4v) is 9.34. The lowest BCUT2D eigenvalue weighted by Crippen LogP contribution is -2.50. The third-order valence-corrected chi connectivity index (χ3v) is 11.3. The summed E-state index contributed by atoms with van der Waals surface area (Å²) in [5.41, 5.74) is 1.46. The average Bonchev–Trinajstić information content (AvgIpc) is 2.45. The van der Waals surface area contributed by atoms with E-state index in [1.54, 1.807) is 6.92 Å². The minimum atomic E-state index is -1.98. The first-order valence-corrected chi connectivity index (χ1v) is 11.1. The first kappa shape index (κ1) is 22.7. The van der Waals surface area contributed by atoms with Crippen LogP contribution in [0.15, 0.2) is 0 Å². The van der Waals surface area contributed by atoms with Crippen LogP contribution in [0.4, 0.5) is 0 Å². The van der Waals surface area contributed by atoms with E-state index in [1.165, 1.54) is 0 Å². The molecule has 0 saturated carbocycles. The molecule has 3 nitrogen and oxygen atoms in total. The van der Waals surface area contributed by atoms with E-state index in [0.29, 0.717) is 23.2 Å². The van der Waals surface area contributed by atoms with Crippen molar-refractivity contribution in [1.82, 2.24) is 0 Å². The first-order valence-electron chi connectivity index (χ1n) is 8.94. The lowest BCUT2D eigenvalue weighted by atomic mass is 9.90. The summed E-state index contributed by atoms with van der Waals surface area (Å²) in [6.07, 6.45) is -1.32. The molecule has 0 aliphatic carbocycles. The van der Waals surface area contributed by atoms with Crippen molar-refractivity contribution in [2.24, 2.45) is 11.8 Å². The van der Waals surface area contributed by atoms with Crippen LogP contribution >= 0.6 is 0 Å². The topological polar surface area (TPSA) is 49.7 Å². The maximum atomic E-state index is 10.5. The first-order chi connectivity index (χ1) is 10.5. The predicted octanol–water partition coefficient (Wildman–Crippen LogP) is 4.20. The lowest BCUT2D eigenvalue weighted by Gasteiger charge is -2.43. The van der Waals surface area contributed by atoms with Crippen molar-refractivity contribution in [3.63, 3.8) is 0 Å². The van der Waals surface area contributed by atoms with Gasteiger partial charge >= 0.3 is 0 Å². The standard InChI is InChI=1S/C19H38O3Si/c1-10-11-16(8)19(21)17(9)18(20)12-22-23(13(2)3,14(4)5)15(6)7/h13-21H,12H2,1-9H3/t16-,17+,18+,19+/m1/s1. The third kappa shape index (κ3) is 5.60. The highest BCUT2D eigenvalue weighted by molar-refractivity contribution is 6.77. The maximum Gasteiger partial charge on any atom is 0.200 e. The molecule has 0 amide bonds. The molecule has 2 N–H and O–H groups in total. The molecule has 0 bridgehead atoms. The Morgan fingerprint density at radius 2 is 1.30 bits per heavy atom. The minimum absolute atomic E-state index is 0.146. The van der Waals surface area contributed by atoms with Crippen LogP contribution in [0.5, 0.6) is 0 Å². The van der Waals surface area contributed by atoms with E-state index in [9.17, 15) is 10.2 Å². The molecule has 23 heavy (non-hydrogen) atoms. The van der Waals surface area contributed by atoms with Crippen molar-refractivity contribution in [2.45, 2.75) is 91.1 Å². The number of rotatable bonds is 9. The molecule has 0 aromatic rings. The van der Waals surface area contributed by atoms with E-state index in [1.807, 2.05) is 13.8 Å². The Kier molecular flexibility index (Phi) is 9.69. The second-order valence-corrected chi connectivity index (χ2v) is 13.2. The predicted molar refractivity (Wildman–Crippen MR) is 101 cm³/mol. The number of hydrogen-bond acceptors (Lipinski definition) is 3. The molecular formula is C19H38O3Si. The Morgan fingerprint density at radius 3 is 1.65 bits per heavy atom. The van der Waals surface area contributed by atoms with Crippen molar-refractivity contribution < 1.29 is 14.6 Å². The van der Waals surface area contributed by atoms with Crippen molar-refractivity contribution in [3.05, 3.63) is 0 Å². The smallest absolute Gasteiger partial charge is 0.200 e.